The summed E-state index contributed by atoms with van der Waals surface area (Å²) in [6, 6.07) is 6.96. The molecule has 0 aromatic heterocycles. The number of rotatable bonds is 4. The normalized spacial score (nSPS) is 19.9. The molecule has 1 atom stereocenters. The van der Waals surface area contributed by atoms with Crippen LogP contribution in [0.1, 0.15) is 44.7 Å². The first-order valence-corrected chi connectivity index (χ1v) is 8.75. The molecule has 4 nitrogen and oxygen atoms in total. The van der Waals surface area contributed by atoms with Crippen molar-refractivity contribution in [3.05, 3.63) is 29.8 Å². The van der Waals surface area contributed by atoms with E-state index in [1.165, 1.54) is 0 Å². The fraction of sp³-hybridized carbons (Fsp3) is 0.600. The van der Waals surface area contributed by atoms with E-state index in [0.717, 1.165) is 24.8 Å². The van der Waals surface area contributed by atoms with E-state index in [-0.39, 0.29) is 6.04 Å². The second-order valence-electron chi connectivity index (χ2n) is 5.67. The predicted molar refractivity (Wildman–Crippen MR) is 80.8 cm³/mol. The Labute approximate surface area is 122 Å². The Balaban J connectivity index is 2.25. The Morgan fingerprint density at radius 1 is 1.35 bits per heavy atom. The van der Waals surface area contributed by atoms with Gasteiger partial charge in [0.2, 0.25) is 10.0 Å². The second-order valence-corrected chi connectivity index (χ2v) is 7.61. The van der Waals surface area contributed by atoms with Crippen LogP contribution in [0.3, 0.4) is 0 Å². The number of sulfonamides is 1. The summed E-state index contributed by atoms with van der Waals surface area (Å²) in [4.78, 5) is 0.369. The van der Waals surface area contributed by atoms with Crippen LogP contribution in [0, 0.1) is 5.92 Å². The zero-order chi connectivity index (χ0) is 14.8. The van der Waals surface area contributed by atoms with Crippen LogP contribution in [0.15, 0.2) is 29.2 Å². The van der Waals surface area contributed by atoms with Crippen LogP contribution in [0.25, 0.3) is 0 Å². The standard InChI is InChI=1S/C15H24N2O2S/c1-3-15(16)13-5-4-6-14(11-13)20(18,19)17-9-7-12(2)8-10-17/h4-6,11-12,15H,3,7-10,16H2,1-2H3. The molecular weight excluding hydrogens is 272 g/mol. The molecule has 112 valence electrons. The van der Waals surface area contributed by atoms with E-state index in [4.69, 9.17) is 5.73 Å². The number of hydrogen-bond donors (Lipinski definition) is 1. The summed E-state index contributed by atoms with van der Waals surface area (Å²) in [5.74, 6) is 0.612. The number of nitrogens with two attached hydrogens (primary N) is 1. The van der Waals surface area contributed by atoms with Crippen LogP contribution in [0.4, 0.5) is 0 Å². The predicted octanol–water partition coefficient (Wildman–Crippen LogP) is 2.52. The summed E-state index contributed by atoms with van der Waals surface area (Å²) in [6.45, 7) is 5.41. The molecule has 0 aliphatic carbocycles. The third-order valence-electron chi connectivity index (χ3n) is 4.11. The average Bonchev–Trinajstić information content (AvgIpc) is 2.47. The second kappa shape index (κ2) is 6.24. The Hall–Kier alpha value is -0.910. The molecule has 1 heterocycles. The van der Waals surface area contributed by atoms with Gasteiger partial charge in [-0.2, -0.15) is 4.31 Å². The lowest BCUT2D eigenvalue weighted by atomic mass is 10.0. The Morgan fingerprint density at radius 3 is 2.60 bits per heavy atom. The zero-order valence-electron chi connectivity index (χ0n) is 12.2. The largest absolute Gasteiger partial charge is 0.324 e. The Kier molecular flexibility index (Phi) is 4.83. The third kappa shape index (κ3) is 3.22. The van der Waals surface area contributed by atoms with Crippen molar-refractivity contribution in [1.29, 1.82) is 0 Å². The highest BCUT2D eigenvalue weighted by Gasteiger charge is 2.28. The van der Waals surface area contributed by atoms with Crippen molar-refractivity contribution in [2.45, 2.75) is 44.0 Å². The minimum absolute atomic E-state index is 0.105. The van der Waals surface area contributed by atoms with Gasteiger partial charge in [0.05, 0.1) is 4.90 Å². The van der Waals surface area contributed by atoms with E-state index in [2.05, 4.69) is 6.92 Å². The lowest BCUT2D eigenvalue weighted by molar-refractivity contribution is 0.288. The molecule has 1 aliphatic heterocycles. The van der Waals surface area contributed by atoms with Crippen molar-refractivity contribution in [1.82, 2.24) is 4.31 Å². The smallest absolute Gasteiger partial charge is 0.243 e. The Bertz CT molecular complexity index is 549. The summed E-state index contributed by atoms with van der Waals surface area (Å²) >= 11 is 0. The van der Waals surface area contributed by atoms with Crippen molar-refractivity contribution in [3.63, 3.8) is 0 Å². The van der Waals surface area contributed by atoms with Gasteiger partial charge < -0.3 is 5.73 Å². The molecule has 0 saturated carbocycles. The first kappa shape index (κ1) is 15.5. The summed E-state index contributed by atoms with van der Waals surface area (Å²) in [5.41, 5.74) is 6.88. The summed E-state index contributed by atoms with van der Waals surface area (Å²) in [5, 5.41) is 0. The minimum atomic E-state index is -3.37. The van der Waals surface area contributed by atoms with E-state index in [9.17, 15) is 8.42 Å². The van der Waals surface area contributed by atoms with Crippen LogP contribution in [-0.2, 0) is 10.0 Å². The first-order valence-electron chi connectivity index (χ1n) is 7.31. The maximum atomic E-state index is 12.6. The molecule has 1 aromatic carbocycles. The molecule has 2 rings (SSSR count). The minimum Gasteiger partial charge on any atom is -0.324 e. The highest BCUT2D eigenvalue weighted by molar-refractivity contribution is 7.89. The third-order valence-corrected chi connectivity index (χ3v) is 6.00. The van der Waals surface area contributed by atoms with Crippen molar-refractivity contribution in [2.75, 3.05) is 13.1 Å². The van der Waals surface area contributed by atoms with E-state index >= 15 is 0 Å². The van der Waals surface area contributed by atoms with Crippen LogP contribution < -0.4 is 5.73 Å². The molecule has 1 aliphatic rings. The van der Waals surface area contributed by atoms with Crippen molar-refractivity contribution >= 4 is 10.0 Å². The SMILES string of the molecule is CCC(N)c1cccc(S(=O)(=O)N2CCC(C)CC2)c1. The van der Waals surface area contributed by atoms with Crippen LogP contribution in [0.2, 0.25) is 0 Å². The molecule has 20 heavy (non-hydrogen) atoms. The topological polar surface area (TPSA) is 63.4 Å². The number of hydrogen-bond acceptors (Lipinski definition) is 3. The van der Waals surface area contributed by atoms with Crippen molar-refractivity contribution in [2.24, 2.45) is 11.7 Å². The maximum Gasteiger partial charge on any atom is 0.243 e. The van der Waals surface area contributed by atoms with E-state index in [1.807, 2.05) is 13.0 Å². The average molecular weight is 296 g/mol. The summed E-state index contributed by atoms with van der Waals surface area (Å²) in [6.07, 6.45) is 2.67. The molecule has 0 bridgehead atoms. The van der Waals surface area contributed by atoms with Crippen LogP contribution in [0.5, 0.6) is 0 Å². The van der Waals surface area contributed by atoms with Gasteiger partial charge in [-0.1, -0.05) is 26.0 Å². The quantitative estimate of drug-likeness (QED) is 0.928. The fourth-order valence-electron chi connectivity index (χ4n) is 2.52. The van der Waals surface area contributed by atoms with E-state index in [0.29, 0.717) is 23.9 Å². The summed E-state index contributed by atoms with van der Waals surface area (Å²) < 4.78 is 26.9. The van der Waals surface area contributed by atoms with Crippen molar-refractivity contribution in [3.8, 4) is 0 Å². The van der Waals surface area contributed by atoms with Gasteiger partial charge in [0.25, 0.3) is 0 Å². The maximum absolute atomic E-state index is 12.6. The fourth-order valence-corrected chi connectivity index (χ4v) is 4.04. The van der Waals surface area contributed by atoms with Gasteiger partial charge in [0.15, 0.2) is 0 Å². The number of benzene rings is 1. The first-order chi connectivity index (χ1) is 9.45. The van der Waals surface area contributed by atoms with Gasteiger partial charge in [-0.25, -0.2) is 8.42 Å². The van der Waals surface area contributed by atoms with E-state index < -0.39 is 10.0 Å². The summed E-state index contributed by atoms with van der Waals surface area (Å²) in [7, 11) is -3.37. The lowest BCUT2D eigenvalue weighted by Crippen LogP contribution is -2.37. The molecule has 0 amide bonds. The van der Waals surface area contributed by atoms with Crippen LogP contribution in [-0.4, -0.2) is 25.8 Å². The van der Waals surface area contributed by atoms with Crippen LogP contribution >= 0.6 is 0 Å². The lowest BCUT2D eigenvalue weighted by Gasteiger charge is -2.29. The molecule has 0 radical (unpaired) electrons. The molecule has 2 N–H and O–H groups in total. The molecular formula is C15H24N2O2S. The zero-order valence-corrected chi connectivity index (χ0v) is 13.1. The highest BCUT2D eigenvalue weighted by Crippen LogP contribution is 2.25. The Morgan fingerprint density at radius 2 is 2.00 bits per heavy atom. The molecule has 5 heteroatoms. The molecule has 1 fully saturated rings. The molecule has 1 unspecified atom stereocenters. The molecule has 0 spiro atoms. The highest BCUT2D eigenvalue weighted by atomic mass is 32.2. The molecule has 1 aromatic rings. The monoisotopic (exact) mass is 296 g/mol. The van der Waals surface area contributed by atoms with Gasteiger partial charge in [-0.3, -0.25) is 0 Å². The van der Waals surface area contributed by atoms with Crippen molar-refractivity contribution < 1.29 is 8.42 Å². The number of nitrogens with zero attached hydrogens (tertiary/aromatic N) is 1. The van der Waals surface area contributed by atoms with Gasteiger partial charge >= 0.3 is 0 Å². The number of piperidine rings is 1. The molecule has 1 saturated heterocycles. The van der Waals surface area contributed by atoms with Gasteiger partial charge in [-0.15, -0.1) is 0 Å². The van der Waals surface area contributed by atoms with Gasteiger partial charge in [0, 0.05) is 19.1 Å². The van der Waals surface area contributed by atoms with Gasteiger partial charge in [-0.05, 0) is 42.9 Å². The van der Waals surface area contributed by atoms with E-state index in [1.54, 1.807) is 22.5 Å². The van der Waals surface area contributed by atoms with Gasteiger partial charge in [0.1, 0.15) is 0 Å².